The van der Waals surface area contributed by atoms with Gasteiger partial charge in [-0.2, -0.15) is 0 Å². The van der Waals surface area contributed by atoms with Gasteiger partial charge in [0.1, 0.15) is 0 Å². The van der Waals surface area contributed by atoms with Crippen LogP contribution in [-0.4, -0.2) is 24.5 Å². The Hall–Kier alpha value is -0.860. The summed E-state index contributed by atoms with van der Waals surface area (Å²) in [5.41, 5.74) is 10.3. The van der Waals surface area contributed by atoms with Crippen LogP contribution in [-0.2, 0) is 19.4 Å². The van der Waals surface area contributed by atoms with Crippen molar-refractivity contribution in [3.63, 3.8) is 0 Å². The van der Waals surface area contributed by atoms with E-state index >= 15 is 0 Å². The predicted octanol–water partition coefficient (Wildman–Crippen LogP) is 2.59. The summed E-state index contributed by atoms with van der Waals surface area (Å²) in [5.74, 6) is 0.700. The fourth-order valence-corrected chi connectivity index (χ4v) is 2.92. The number of hydrogen-bond acceptors (Lipinski definition) is 2. The van der Waals surface area contributed by atoms with Gasteiger partial charge in [0.15, 0.2) is 0 Å². The Morgan fingerprint density at radius 1 is 1.22 bits per heavy atom. The van der Waals surface area contributed by atoms with Crippen molar-refractivity contribution >= 4 is 0 Å². The number of nitrogens with zero attached hydrogens (tertiary/aromatic N) is 1. The van der Waals surface area contributed by atoms with E-state index in [4.69, 9.17) is 5.73 Å². The summed E-state index contributed by atoms with van der Waals surface area (Å²) in [6, 6.07) is 7.04. The molecule has 0 fully saturated rings. The minimum absolute atomic E-state index is 0.700. The van der Waals surface area contributed by atoms with Crippen LogP contribution in [0.2, 0.25) is 0 Å². The molecule has 0 aliphatic heterocycles. The molecule has 0 heterocycles. The standard InChI is InChI=1S/C16H26N2/c1-13(2)11-18(9-8-17)12-14-6-7-15-4-3-5-16(15)10-14/h6-7,10,13H,3-5,8-9,11-12,17H2,1-2H3. The Bertz CT molecular complexity index is 385. The van der Waals surface area contributed by atoms with E-state index in [1.54, 1.807) is 11.1 Å². The van der Waals surface area contributed by atoms with Crippen molar-refractivity contribution in [2.45, 2.75) is 39.7 Å². The zero-order valence-corrected chi connectivity index (χ0v) is 11.8. The van der Waals surface area contributed by atoms with Crippen LogP contribution < -0.4 is 5.73 Å². The van der Waals surface area contributed by atoms with E-state index in [2.05, 4.69) is 36.9 Å². The molecule has 18 heavy (non-hydrogen) atoms. The fourth-order valence-electron chi connectivity index (χ4n) is 2.92. The average molecular weight is 246 g/mol. The maximum Gasteiger partial charge on any atom is 0.0234 e. The molecular weight excluding hydrogens is 220 g/mol. The molecule has 0 amide bonds. The maximum atomic E-state index is 5.71. The van der Waals surface area contributed by atoms with Crippen LogP contribution in [0, 0.1) is 5.92 Å². The van der Waals surface area contributed by atoms with Crippen molar-refractivity contribution in [2.24, 2.45) is 11.7 Å². The molecule has 1 aliphatic carbocycles. The van der Waals surface area contributed by atoms with Gasteiger partial charge < -0.3 is 5.73 Å². The Morgan fingerprint density at radius 2 is 2.00 bits per heavy atom. The Morgan fingerprint density at radius 3 is 2.72 bits per heavy atom. The summed E-state index contributed by atoms with van der Waals surface area (Å²) in [7, 11) is 0. The van der Waals surface area contributed by atoms with E-state index in [9.17, 15) is 0 Å². The lowest BCUT2D eigenvalue weighted by Crippen LogP contribution is -2.32. The Kier molecular flexibility index (Phi) is 4.79. The van der Waals surface area contributed by atoms with Crippen LogP contribution in [0.5, 0.6) is 0 Å². The van der Waals surface area contributed by atoms with Gasteiger partial charge in [-0.25, -0.2) is 0 Å². The first-order chi connectivity index (χ1) is 8.69. The minimum Gasteiger partial charge on any atom is -0.329 e. The Labute approximate surface area is 111 Å². The van der Waals surface area contributed by atoms with Crippen molar-refractivity contribution in [2.75, 3.05) is 19.6 Å². The lowest BCUT2D eigenvalue weighted by molar-refractivity contribution is 0.242. The predicted molar refractivity (Wildman–Crippen MR) is 77.6 cm³/mol. The molecular formula is C16H26N2. The van der Waals surface area contributed by atoms with Crippen LogP contribution in [0.1, 0.15) is 37.0 Å². The highest BCUT2D eigenvalue weighted by atomic mass is 15.1. The number of hydrogen-bond donors (Lipinski definition) is 1. The molecule has 0 aromatic heterocycles. The molecule has 0 saturated heterocycles. The topological polar surface area (TPSA) is 29.3 Å². The molecule has 0 unspecified atom stereocenters. The van der Waals surface area contributed by atoms with Gasteiger partial charge >= 0.3 is 0 Å². The van der Waals surface area contributed by atoms with Gasteiger partial charge in [-0.05, 0) is 41.9 Å². The first-order valence-corrected chi connectivity index (χ1v) is 7.22. The largest absolute Gasteiger partial charge is 0.329 e. The molecule has 2 rings (SSSR count). The van der Waals surface area contributed by atoms with Crippen LogP contribution in [0.3, 0.4) is 0 Å². The molecule has 0 saturated carbocycles. The lowest BCUT2D eigenvalue weighted by Gasteiger charge is -2.24. The first kappa shape index (κ1) is 13.6. The first-order valence-electron chi connectivity index (χ1n) is 7.22. The smallest absolute Gasteiger partial charge is 0.0234 e. The molecule has 0 spiro atoms. The molecule has 1 aromatic carbocycles. The van der Waals surface area contributed by atoms with E-state index in [0.29, 0.717) is 5.92 Å². The summed E-state index contributed by atoms with van der Waals surface area (Å²) in [4.78, 5) is 2.47. The summed E-state index contributed by atoms with van der Waals surface area (Å²) in [6.07, 6.45) is 3.87. The molecule has 1 aromatic rings. The van der Waals surface area contributed by atoms with Crippen molar-refractivity contribution in [1.82, 2.24) is 4.90 Å². The van der Waals surface area contributed by atoms with Gasteiger partial charge in [0, 0.05) is 26.2 Å². The van der Waals surface area contributed by atoms with E-state index in [1.807, 2.05) is 0 Å². The maximum absolute atomic E-state index is 5.71. The van der Waals surface area contributed by atoms with E-state index in [0.717, 1.165) is 26.2 Å². The monoisotopic (exact) mass is 246 g/mol. The second kappa shape index (κ2) is 6.35. The third-order valence-corrected chi connectivity index (χ3v) is 3.64. The van der Waals surface area contributed by atoms with E-state index in [-0.39, 0.29) is 0 Å². The lowest BCUT2D eigenvalue weighted by atomic mass is 10.1. The number of benzene rings is 1. The average Bonchev–Trinajstić information content (AvgIpc) is 2.75. The third-order valence-electron chi connectivity index (χ3n) is 3.64. The highest BCUT2D eigenvalue weighted by Gasteiger charge is 2.12. The second-order valence-electron chi connectivity index (χ2n) is 5.87. The molecule has 2 heteroatoms. The van der Waals surface area contributed by atoms with Gasteiger partial charge in [-0.15, -0.1) is 0 Å². The summed E-state index contributed by atoms with van der Waals surface area (Å²) in [5, 5.41) is 0. The van der Waals surface area contributed by atoms with Gasteiger partial charge in [-0.3, -0.25) is 4.90 Å². The van der Waals surface area contributed by atoms with E-state index in [1.165, 1.54) is 24.8 Å². The second-order valence-corrected chi connectivity index (χ2v) is 5.87. The molecule has 2 N–H and O–H groups in total. The molecule has 0 bridgehead atoms. The fraction of sp³-hybridized carbons (Fsp3) is 0.625. The summed E-state index contributed by atoms with van der Waals surface area (Å²) >= 11 is 0. The number of fused-ring (bicyclic) bond motifs is 1. The SMILES string of the molecule is CC(C)CN(CCN)Cc1ccc2c(c1)CCC2. The van der Waals surface area contributed by atoms with Crippen molar-refractivity contribution < 1.29 is 0 Å². The van der Waals surface area contributed by atoms with Crippen molar-refractivity contribution in [3.8, 4) is 0 Å². The van der Waals surface area contributed by atoms with Crippen LogP contribution in [0.25, 0.3) is 0 Å². The molecule has 1 aliphatic rings. The van der Waals surface area contributed by atoms with E-state index < -0.39 is 0 Å². The van der Waals surface area contributed by atoms with Gasteiger partial charge in [0.2, 0.25) is 0 Å². The number of rotatable bonds is 6. The number of aryl methyl sites for hydroxylation is 2. The normalized spacial score (nSPS) is 14.5. The minimum atomic E-state index is 0.700. The van der Waals surface area contributed by atoms with Crippen molar-refractivity contribution in [1.29, 1.82) is 0 Å². The molecule has 100 valence electrons. The summed E-state index contributed by atoms with van der Waals surface area (Å²) in [6.45, 7) is 8.46. The molecule has 0 radical (unpaired) electrons. The van der Waals surface area contributed by atoms with Gasteiger partial charge in [0.05, 0.1) is 0 Å². The highest BCUT2D eigenvalue weighted by molar-refractivity contribution is 5.35. The molecule has 0 atom stereocenters. The van der Waals surface area contributed by atoms with Crippen molar-refractivity contribution in [3.05, 3.63) is 34.9 Å². The van der Waals surface area contributed by atoms with Gasteiger partial charge in [-0.1, -0.05) is 32.0 Å². The van der Waals surface area contributed by atoms with Crippen LogP contribution in [0.15, 0.2) is 18.2 Å². The van der Waals surface area contributed by atoms with Crippen LogP contribution >= 0.6 is 0 Å². The van der Waals surface area contributed by atoms with Crippen LogP contribution in [0.4, 0.5) is 0 Å². The molecule has 2 nitrogen and oxygen atoms in total. The quantitative estimate of drug-likeness (QED) is 0.836. The number of nitrogens with two attached hydrogens (primary N) is 1. The Balaban J connectivity index is 2.01. The zero-order valence-electron chi connectivity index (χ0n) is 11.8. The van der Waals surface area contributed by atoms with Gasteiger partial charge in [0.25, 0.3) is 0 Å². The highest BCUT2D eigenvalue weighted by Crippen LogP contribution is 2.23. The zero-order chi connectivity index (χ0) is 13.0. The third kappa shape index (κ3) is 3.56. The summed E-state index contributed by atoms with van der Waals surface area (Å²) < 4.78 is 0.